The average molecular weight is 548 g/mol. The van der Waals surface area contributed by atoms with Gasteiger partial charge in [0.1, 0.15) is 12.3 Å². The summed E-state index contributed by atoms with van der Waals surface area (Å²) >= 11 is 0. The van der Waals surface area contributed by atoms with Crippen molar-refractivity contribution in [3.8, 4) is 28.5 Å². The Kier molecular flexibility index (Phi) is 9.42. The van der Waals surface area contributed by atoms with E-state index >= 15 is 0 Å². The van der Waals surface area contributed by atoms with Crippen LogP contribution in [-0.2, 0) is 4.79 Å². The van der Waals surface area contributed by atoms with E-state index < -0.39 is 0 Å². The van der Waals surface area contributed by atoms with E-state index in [1.165, 1.54) is 0 Å². The van der Waals surface area contributed by atoms with Gasteiger partial charge in [0.25, 0.3) is 5.91 Å². The maximum atomic E-state index is 13.3. The molecule has 1 aliphatic rings. The fraction of sp³-hybridized carbons (Fsp3) is 0.400. The van der Waals surface area contributed by atoms with Gasteiger partial charge < -0.3 is 28.9 Å². The summed E-state index contributed by atoms with van der Waals surface area (Å²) in [5, 5.41) is 8.91. The van der Waals surface area contributed by atoms with Crippen molar-refractivity contribution in [3.63, 3.8) is 0 Å². The smallest absolute Gasteiger partial charge is 0.254 e. The molecule has 0 N–H and O–H groups in total. The van der Waals surface area contributed by atoms with Gasteiger partial charge in [-0.25, -0.2) is 0 Å². The number of carbonyl (C=O) groups is 2. The first-order valence-corrected chi connectivity index (χ1v) is 13.4. The highest BCUT2D eigenvalue weighted by molar-refractivity contribution is 5.97. The van der Waals surface area contributed by atoms with Crippen molar-refractivity contribution < 1.29 is 23.8 Å². The molecule has 0 bridgehead atoms. The van der Waals surface area contributed by atoms with Crippen LogP contribution in [0.2, 0.25) is 0 Å². The Bertz CT molecular complexity index is 1310. The lowest BCUT2D eigenvalue weighted by Crippen LogP contribution is -2.46. The standard InChI is InChI=1S/C30H37N5O5/c1-21(2)35(30(37)23-8-6-9-24(18-23)38-3)20-29(36)34-15-7-14-33(16-17-34)28-13-11-25(31-32-28)22-10-12-26(39-4)27(19-22)40-5/h6,8-13,18-19,21H,7,14-17,20H2,1-5H3. The first kappa shape index (κ1) is 28.7. The van der Waals surface area contributed by atoms with Crippen LogP contribution >= 0.6 is 0 Å². The maximum Gasteiger partial charge on any atom is 0.254 e. The molecule has 212 valence electrons. The number of nitrogens with zero attached hydrogens (tertiary/aromatic N) is 5. The number of carbonyl (C=O) groups excluding carboxylic acids is 2. The molecule has 2 amide bonds. The SMILES string of the molecule is COc1cccc(C(=O)N(CC(=O)N2CCCN(c3ccc(-c4ccc(OC)c(OC)c4)nn3)CC2)C(C)C)c1. The van der Waals surface area contributed by atoms with Gasteiger partial charge in [0.2, 0.25) is 5.91 Å². The Balaban J connectivity index is 1.39. The number of benzene rings is 2. The highest BCUT2D eigenvalue weighted by Crippen LogP contribution is 2.31. The van der Waals surface area contributed by atoms with Crippen molar-refractivity contribution >= 4 is 17.6 Å². The fourth-order valence-electron chi connectivity index (χ4n) is 4.70. The number of amides is 2. The number of anilines is 1. The van der Waals surface area contributed by atoms with E-state index in [9.17, 15) is 9.59 Å². The number of hydrogen-bond donors (Lipinski definition) is 0. The van der Waals surface area contributed by atoms with Crippen molar-refractivity contribution in [2.75, 3.05) is 59.0 Å². The van der Waals surface area contributed by atoms with Crippen LogP contribution in [0.4, 0.5) is 5.82 Å². The number of hydrogen-bond acceptors (Lipinski definition) is 8. The Hall–Kier alpha value is -4.34. The number of rotatable bonds is 9. The van der Waals surface area contributed by atoms with Gasteiger partial charge in [-0.3, -0.25) is 9.59 Å². The molecule has 3 aromatic rings. The predicted molar refractivity (Wildman–Crippen MR) is 153 cm³/mol. The summed E-state index contributed by atoms with van der Waals surface area (Å²) in [7, 11) is 4.77. The van der Waals surface area contributed by atoms with E-state index in [-0.39, 0.29) is 24.4 Å². The minimum atomic E-state index is -0.191. The highest BCUT2D eigenvalue weighted by Gasteiger charge is 2.26. The molecule has 0 atom stereocenters. The normalized spacial score (nSPS) is 13.6. The molecule has 10 heteroatoms. The first-order chi connectivity index (χ1) is 19.3. The second kappa shape index (κ2) is 13.1. The summed E-state index contributed by atoms with van der Waals surface area (Å²) in [6, 6.07) is 16.4. The molecular weight excluding hydrogens is 510 g/mol. The topological polar surface area (TPSA) is 97.3 Å². The van der Waals surface area contributed by atoms with Crippen LogP contribution in [0, 0.1) is 0 Å². The van der Waals surface area contributed by atoms with Crippen LogP contribution in [0.5, 0.6) is 17.2 Å². The lowest BCUT2D eigenvalue weighted by molar-refractivity contribution is -0.132. The van der Waals surface area contributed by atoms with Crippen molar-refractivity contribution in [1.82, 2.24) is 20.0 Å². The molecule has 1 fully saturated rings. The number of ether oxygens (including phenoxy) is 3. The van der Waals surface area contributed by atoms with Crippen LogP contribution in [0.25, 0.3) is 11.3 Å². The van der Waals surface area contributed by atoms with Crippen LogP contribution in [0.3, 0.4) is 0 Å². The number of methoxy groups -OCH3 is 3. The molecule has 10 nitrogen and oxygen atoms in total. The summed E-state index contributed by atoms with van der Waals surface area (Å²) in [5.41, 5.74) is 2.10. The summed E-state index contributed by atoms with van der Waals surface area (Å²) < 4.78 is 16.0. The molecule has 40 heavy (non-hydrogen) atoms. The van der Waals surface area contributed by atoms with Crippen LogP contribution < -0.4 is 19.1 Å². The van der Waals surface area contributed by atoms with Gasteiger partial charge >= 0.3 is 0 Å². The van der Waals surface area contributed by atoms with Gasteiger partial charge in [-0.1, -0.05) is 6.07 Å². The quantitative estimate of drug-likeness (QED) is 0.400. The van der Waals surface area contributed by atoms with E-state index in [1.807, 2.05) is 49.1 Å². The zero-order valence-electron chi connectivity index (χ0n) is 23.8. The van der Waals surface area contributed by atoms with Gasteiger partial charge in [-0.15, -0.1) is 10.2 Å². The van der Waals surface area contributed by atoms with Gasteiger partial charge in [0.15, 0.2) is 17.3 Å². The van der Waals surface area contributed by atoms with E-state index in [1.54, 1.807) is 50.5 Å². The lowest BCUT2D eigenvalue weighted by atomic mass is 10.1. The fourth-order valence-corrected chi connectivity index (χ4v) is 4.70. The Morgan fingerprint density at radius 2 is 1.68 bits per heavy atom. The average Bonchev–Trinajstić information content (AvgIpc) is 3.25. The summed E-state index contributed by atoms with van der Waals surface area (Å²) in [4.78, 5) is 32.1. The molecule has 0 radical (unpaired) electrons. The molecular formula is C30H37N5O5. The monoisotopic (exact) mass is 547 g/mol. The van der Waals surface area contributed by atoms with E-state index in [0.717, 1.165) is 30.0 Å². The largest absolute Gasteiger partial charge is 0.497 e. The van der Waals surface area contributed by atoms with Gasteiger partial charge in [0.05, 0.1) is 27.0 Å². The summed E-state index contributed by atoms with van der Waals surface area (Å²) in [5.74, 6) is 2.39. The van der Waals surface area contributed by atoms with Crippen molar-refractivity contribution in [2.45, 2.75) is 26.3 Å². The van der Waals surface area contributed by atoms with Gasteiger partial charge in [0, 0.05) is 43.3 Å². The molecule has 0 unspecified atom stereocenters. The van der Waals surface area contributed by atoms with E-state index in [0.29, 0.717) is 42.4 Å². The third kappa shape index (κ3) is 6.62. The second-order valence-corrected chi connectivity index (χ2v) is 9.83. The zero-order valence-corrected chi connectivity index (χ0v) is 23.8. The third-order valence-electron chi connectivity index (χ3n) is 7.01. The number of aromatic nitrogens is 2. The molecule has 1 saturated heterocycles. The second-order valence-electron chi connectivity index (χ2n) is 9.83. The Morgan fingerprint density at radius 3 is 2.35 bits per heavy atom. The van der Waals surface area contributed by atoms with Crippen molar-refractivity contribution in [2.24, 2.45) is 0 Å². The Labute approximate surface area is 235 Å². The molecule has 0 spiro atoms. The molecule has 4 rings (SSSR count). The summed E-state index contributed by atoms with van der Waals surface area (Å²) in [6.07, 6.45) is 0.788. The highest BCUT2D eigenvalue weighted by atomic mass is 16.5. The van der Waals surface area contributed by atoms with Crippen LogP contribution in [0.1, 0.15) is 30.6 Å². The minimum absolute atomic E-state index is 0.0214. The lowest BCUT2D eigenvalue weighted by Gasteiger charge is -2.29. The maximum absolute atomic E-state index is 13.3. The van der Waals surface area contributed by atoms with Crippen LogP contribution in [-0.4, -0.2) is 91.9 Å². The molecule has 2 aromatic carbocycles. The first-order valence-electron chi connectivity index (χ1n) is 13.4. The molecule has 0 aliphatic carbocycles. The van der Waals surface area contributed by atoms with E-state index in [4.69, 9.17) is 14.2 Å². The molecule has 0 saturated carbocycles. The van der Waals surface area contributed by atoms with Crippen LogP contribution in [0.15, 0.2) is 54.6 Å². The minimum Gasteiger partial charge on any atom is -0.497 e. The predicted octanol–water partition coefficient (Wildman–Crippen LogP) is 3.76. The van der Waals surface area contributed by atoms with Gasteiger partial charge in [-0.05, 0) is 68.8 Å². The van der Waals surface area contributed by atoms with Gasteiger partial charge in [-0.2, -0.15) is 0 Å². The molecule has 1 aliphatic heterocycles. The van der Waals surface area contributed by atoms with Crippen molar-refractivity contribution in [1.29, 1.82) is 0 Å². The third-order valence-corrected chi connectivity index (χ3v) is 7.01. The van der Waals surface area contributed by atoms with Crippen molar-refractivity contribution in [3.05, 3.63) is 60.2 Å². The molecule has 1 aromatic heterocycles. The molecule has 2 heterocycles. The zero-order chi connectivity index (χ0) is 28.6. The summed E-state index contributed by atoms with van der Waals surface area (Å²) in [6.45, 7) is 6.39. The Morgan fingerprint density at radius 1 is 0.875 bits per heavy atom. The van der Waals surface area contributed by atoms with E-state index in [2.05, 4.69) is 15.1 Å².